The van der Waals surface area contributed by atoms with Gasteiger partial charge in [0.05, 0.1) is 19.9 Å². The molecule has 4 aliphatic rings. The number of carbonyl (C=O) groups excluding carboxylic acids is 1. The van der Waals surface area contributed by atoms with Crippen molar-refractivity contribution in [1.29, 1.82) is 0 Å². The Kier molecular flexibility index (Phi) is 6.58. The zero-order chi connectivity index (χ0) is 22.9. The summed E-state index contributed by atoms with van der Waals surface area (Å²) in [6.45, 7) is 0.0799. The molecule has 33 heavy (non-hydrogen) atoms. The zero-order valence-corrected chi connectivity index (χ0v) is 19.7. The molecule has 1 saturated carbocycles. The summed E-state index contributed by atoms with van der Waals surface area (Å²) < 4.78 is 5.46. The maximum absolute atomic E-state index is 13.1. The molecule has 10 heteroatoms. The Morgan fingerprint density at radius 2 is 1.91 bits per heavy atom. The molecule has 10 nitrogen and oxygen atoms in total. The molecule has 1 aromatic rings. The van der Waals surface area contributed by atoms with Crippen LogP contribution < -0.4 is 25.8 Å². The van der Waals surface area contributed by atoms with Crippen LogP contribution in [0.1, 0.15) is 57.8 Å². The van der Waals surface area contributed by atoms with E-state index in [1.54, 1.807) is 13.2 Å². The van der Waals surface area contributed by atoms with Crippen molar-refractivity contribution in [3.05, 3.63) is 6.07 Å². The molecule has 3 unspecified atom stereocenters. The number of anilines is 2. The molecule has 0 aromatic carbocycles. The maximum atomic E-state index is 13.1. The highest BCUT2D eigenvalue weighted by molar-refractivity contribution is 5.80. The van der Waals surface area contributed by atoms with E-state index in [2.05, 4.69) is 38.0 Å². The van der Waals surface area contributed by atoms with Crippen LogP contribution in [0.15, 0.2) is 6.07 Å². The van der Waals surface area contributed by atoms with Crippen molar-refractivity contribution in [2.24, 2.45) is 5.92 Å². The van der Waals surface area contributed by atoms with Gasteiger partial charge in [-0.25, -0.2) is 5.43 Å². The smallest absolute Gasteiger partial charge is 0.230 e. The first kappa shape index (κ1) is 22.6. The minimum atomic E-state index is -0.0416. The van der Waals surface area contributed by atoms with Gasteiger partial charge in [0.1, 0.15) is 5.82 Å². The lowest BCUT2D eigenvalue weighted by Crippen LogP contribution is -2.60. The zero-order valence-electron chi connectivity index (χ0n) is 19.7. The number of rotatable bonds is 7. The van der Waals surface area contributed by atoms with Gasteiger partial charge in [-0.1, -0.05) is 6.42 Å². The molecule has 2 bridgehead atoms. The lowest BCUT2D eigenvalue weighted by atomic mass is 9.77. The van der Waals surface area contributed by atoms with Crippen LogP contribution in [0, 0.1) is 5.92 Å². The van der Waals surface area contributed by atoms with Crippen molar-refractivity contribution in [2.75, 3.05) is 31.0 Å². The molecule has 1 aliphatic carbocycles. The molecule has 4 N–H and O–H groups in total. The molecule has 182 valence electrons. The average molecular weight is 460 g/mol. The highest BCUT2D eigenvalue weighted by atomic mass is 16.5. The number of aromatic nitrogens is 2. The Morgan fingerprint density at radius 1 is 1.18 bits per heavy atom. The van der Waals surface area contributed by atoms with Crippen LogP contribution in [0.2, 0.25) is 0 Å². The Labute approximate surface area is 195 Å². The molecular weight excluding hydrogens is 422 g/mol. The number of amides is 1. The molecule has 1 aromatic heterocycles. The molecule has 0 spiro atoms. The third-order valence-corrected chi connectivity index (χ3v) is 7.95. The summed E-state index contributed by atoms with van der Waals surface area (Å²) in [7, 11) is 3.67. The fourth-order valence-corrected chi connectivity index (χ4v) is 5.82. The summed E-state index contributed by atoms with van der Waals surface area (Å²) in [6, 6.07) is 2.74. The van der Waals surface area contributed by atoms with Crippen LogP contribution in [0.3, 0.4) is 0 Å². The van der Waals surface area contributed by atoms with Gasteiger partial charge in [-0.05, 0) is 44.9 Å². The number of fused-ring (bicyclic) bond motifs is 2. The number of ether oxygens (including phenoxy) is 1. The van der Waals surface area contributed by atoms with E-state index in [0.29, 0.717) is 35.6 Å². The lowest BCUT2D eigenvalue weighted by molar-refractivity contribution is -0.148. The van der Waals surface area contributed by atoms with Crippen LogP contribution in [-0.2, 0) is 4.79 Å². The highest BCUT2D eigenvalue weighted by Gasteiger charge is 2.44. The van der Waals surface area contributed by atoms with E-state index in [-0.39, 0.29) is 30.8 Å². The maximum Gasteiger partial charge on any atom is 0.230 e. The van der Waals surface area contributed by atoms with E-state index in [4.69, 9.17) is 9.72 Å². The fraction of sp³-hybridized carbons (Fsp3) is 0.783. The number of nitrogens with one attached hydrogen (secondary N) is 3. The van der Waals surface area contributed by atoms with Gasteiger partial charge in [-0.3, -0.25) is 10.2 Å². The number of methoxy groups -OCH3 is 1. The quantitative estimate of drug-likeness (QED) is 0.478. The molecule has 4 heterocycles. The largest absolute Gasteiger partial charge is 0.481 e. The van der Waals surface area contributed by atoms with Crippen LogP contribution >= 0.6 is 0 Å². The predicted molar refractivity (Wildman–Crippen MR) is 125 cm³/mol. The van der Waals surface area contributed by atoms with Gasteiger partial charge in [0, 0.05) is 49.6 Å². The number of aliphatic hydroxyl groups is 1. The summed E-state index contributed by atoms with van der Waals surface area (Å²) in [5.74, 6) is 2.49. The first-order valence-corrected chi connectivity index (χ1v) is 12.4. The number of carbonyl (C=O) groups is 1. The summed E-state index contributed by atoms with van der Waals surface area (Å²) >= 11 is 0. The molecule has 1 amide bonds. The fourth-order valence-electron chi connectivity index (χ4n) is 5.82. The van der Waals surface area contributed by atoms with Gasteiger partial charge in [0.15, 0.2) is 0 Å². The Balaban J connectivity index is 1.30. The van der Waals surface area contributed by atoms with E-state index in [0.717, 1.165) is 44.9 Å². The average Bonchev–Trinajstić information content (AvgIpc) is 3.23. The van der Waals surface area contributed by atoms with Gasteiger partial charge in [0.2, 0.25) is 17.7 Å². The number of nitrogens with zero attached hydrogens (tertiary/aromatic N) is 4. The number of hydrogen-bond acceptors (Lipinski definition) is 9. The minimum absolute atomic E-state index is 0.0145. The van der Waals surface area contributed by atoms with Crippen molar-refractivity contribution >= 4 is 17.7 Å². The summed E-state index contributed by atoms with van der Waals surface area (Å²) in [5, 5.41) is 12.7. The summed E-state index contributed by atoms with van der Waals surface area (Å²) in [4.78, 5) is 26.9. The van der Waals surface area contributed by atoms with Crippen molar-refractivity contribution in [2.45, 2.75) is 88.1 Å². The third kappa shape index (κ3) is 4.61. The summed E-state index contributed by atoms with van der Waals surface area (Å²) in [6.07, 6.45) is 9.34. The monoisotopic (exact) mass is 459 g/mol. The van der Waals surface area contributed by atoms with Crippen LogP contribution in [0.4, 0.5) is 11.8 Å². The Hall–Kier alpha value is -2.17. The van der Waals surface area contributed by atoms with Crippen LogP contribution in [-0.4, -0.2) is 77.0 Å². The summed E-state index contributed by atoms with van der Waals surface area (Å²) in [5.41, 5.74) is 6.21. The van der Waals surface area contributed by atoms with Gasteiger partial charge < -0.3 is 25.0 Å². The number of aliphatic hydroxyl groups excluding tert-OH is 1. The van der Waals surface area contributed by atoms with Gasteiger partial charge >= 0.3 is 0 Å². The Bertz CT molecular complexity index is 837. The second kappa shape index (κ2) is 9.60. The molecule has 5 atom stereocenters. The van der Waals surface area contributed by atoms with E-state index in [1.165, 1.54) is 12.8 Å². The standard InChI is InChI=1S/C23H37N7O3/c1-29(18-10-16-7-4-8-17(11-18)30(16)22(32)14-5-3-6-14)23-25-19(12-21(26-23)33-2)24-20-9-15(13-31)27-28-20/h12,14-18,20,27-28,31H,3-11,13H2,1-2H3,(H,24,25,26)/t15?,16-,17+,18?,20?. The van der Waals surface area contributed by atoms with Gasteiger partial charge in [0.25, 0.3) is 0 Å². The molecule has 5 rings (SSSR count). The first-order valence-electron chi connectivity index (χ1n) is 12.4. The second-order valence-electron chi connectivity index (χ2n) is 10.0. The minimum Gasteiger partial charge on any atom is -0.481 e. The van der Waals surface area contributed by atoms with Crippen molar-refractivity contribution in [3.63, 3.8) is 0 Å². The van der Waals surface area contributed by atoms with Crippen molar-refractivity contribution < 1.29 is 14.6 Å². The predicted octanol–water partition coefficient (Wildman–Crippen LogP) is 1.23. The number of hydrazine groups is 1. The normalized spacial score (nSPS) is 31.7. The number of hydrogen-bond donors (Lipinski definition) is 4. The first-order chi connectivity index (χ1) is 16.1. The van der Waals surface area contributed by atoms with Gasteiger partial charge in [-0.2, -0.15) is 9.97 Å². The second-order valence-corrected chi connectivity index (χ2v) is 10.0. The van der Waals surface area contributed by atoms with E-state index >= 15 is 0 Å². The highest BCUT2D eigenvalue weighted by Crippen LogP contribution is 2.40. The third-order valence-electron chi connectivity index (χ3n) is 7.95. The lowest BCUT2D eigenvalue weighted by Gasteiger charge is -2.52. The van der Waals surface area contributed by atoms with E-state index in [1.807, 2.05) is 0 Å². The molecule has 3 aliphatic heterocycles. The Morgan fingerprint density at radius 3 is 2.52 bits per heavy atom. The van der Waals surface area contributed by atoms with E-state index < -0.39 is 0 Å². The van der Waals surface area contributed by atoms with E-state index in [9.17, 15) is 9.90 Å². The van der Waals surface area contributed by atoms with Crippen LogP contribution in [0.25, 0.3) is 0 Å². The molecule has 0 radical (unpaired) electrons. The SMILES string of the molecule is COc1cc(NC2CC(CO)NN2)nc(N(C)C2C[C@H]3CCC[C@@H](C2)N3C(=O)C2CCC2)n1. The van der Waals surface area contributed by atoms with Crippen LogP contribution in [0.5, 0.6) is 5.88 Å². The van der Waals surface area contributed by atoms with Gasteiger partial charge in [-0.15, -0.1) is 0 Å². The molecule has 3 saturated heterocycles. The van der Waals surface area contributed by atoms with Crippen molar-refractivity contribution in [1.82, 2.24) is 25.7 Å². The van der Waals surface area contributed by atoms with Crippen molar-refractivity contribution in [3.8, 4) is 5.88 Å². The molecule has 4 fully saturated rings. The molecular formula is C23H37N7O3. The topological polar surface area (TPSA) is 115 Å². The number of piperidine rings is 2.